The fraction of sp³-hybridized carbons (Fsp3) is 0.917. The first kappa shape index (κ1) is 13.5. The molecule has 1 heterocycles. The quantitative estimate of drug-likeness (QED) is 0.485. The Kier molecular flexibility index (Phi) is 4.74. The topological polar surface area (TPSA) is 73.3 Å². The van der Waals surface area contributed by atoms with Gasteiger partial charge in [-0.1, -0.05) is 13.8 Å². The summed E-state index contributed by atoms with van der Waals surface area (Å²) >= 11 is 0. The zero-order chi connectivity index (χ0) is 12.2. The van der Waals surface area contributed by atoms with Crippen LogP contribution < -0.4 is 5.73 Å². The van der Waals surface area contributed by atoms with E-state index >= 15 is 0 Å². The molecule has 0 aromatic carbocycles. The average Bonchev–Trinajstić information content (AvgIpc) is 2.27. The van der Waals surface area contributed by atoms with E-state index in [0.717, 1.165) is 38.9 Å². The normalized spacial score (nSPS) is 19.9. The van der Waals surface area contributed by atoms with E-state index in [0.29, 0.717) is 12.5 Å². The number of aliphatic hydroxyl groups excluding tert-OH is 1. The van der Waals surface area contributed by atoms with E-state index in [-0.39, 0.29) is 11.3 Å². The van der Waals surface area contributed by atoms with Crippen molar-refractivity contribution in [3.63, 3.8) is 0 Å². The number of hydrogen-bond acceptors (Lipinski definition) is 3. The molecule has 0 aromatic rings. The molecule has 0 unspecified atom stereocenters. The van der Waals surface area contributed by atoms with Gasteiger partial charge in [-0.2, -0.15) is 0 Å². The molecular weight excluding hydrogens is 202 g/mol. The van der Waals surface area contributed by atoms with Gasteiger partial charge in [-0.25, -0.2) is 0 Å². The third kappa shape index (κ3) is 3.76. The standard InChI is InChI=1S/C12H25N3O/c1-12(2,11(13)14)5-8-15-6-3-10(9-16)4-7-15/h10,16H,3-9H2,1-2H3,(H3,13,14). The van der Waals surface area contributed by atoms with Gasteiger partial charge in [-0.05, 0) is 44.8 Å². The van der Waals surface area contributed by atoms with Crippen LogP contribution in [0.3, 0.4) is 0 Å². The van der Waals surface area contributed by atoms with Gasteiger partial charge in [0.2, 0.25) is 0 Å². The van der Waals surface area contributed by atoms with Crippen LogP contribution in [-0.2, 0) is 0 Å². The molecule has 1 rings (SSSR count). The zero-order valence-electron chi connectivity index (χ0n) is 10.5. The highest BCUT2D eigenvalue weighted by Gasteiger charge is 2.24. The molecule has 0 aromatic heterocycles. The van der Waals surface area contributed by atoms with Gasteiger partial charge in [0, 0.05) is 12.0 Å². The Morgan fingerprint density at radius 3 is 2.44 bits per heavy atom. The van der Waals surface area contributed by atoms with Crippen LogP contribution in [0, 0.1) is 16.7 Å². The Morgan fingerprint density at radius 1 is 1.44 bits per heavy atom. The van der Waals surface area contributed by atoms with Crippen molar-refractivity contribution in [2.24, 2.45) is 17.1 Å². The van der Waals surface area contributed by atoms with Crippen molar-refractivity contribution >= 4 is 5.84 Å². The van der Waals surface area contributed by atoms with Crippen LogP contribution >= 0.6 is 0 Å². The molecular formula is C12H25N3O. The molecule has 0 atom stereocenters. The molecule has 1 fully saturated rings. The predicted molar refractivity (Wildman–Crippen MR) is 66.6 cm³/mol. The van der Waals surface area contributed by atoms with Crippen molar-refractivity contribution in [2.75, 3.05) is 26.2 Å². The molecule has 4 nitrogen and oxygen atoms in total. The van der Waals surface area contributed by atoms with Crippen LogP contribution in [-0.4, -0.2) is 42.1 Å². The van der Waals surface area contributed by atoms with E-state index in [1.165, 1.54) is 0 Å². The van der Waals surface area contributed by atoms with E-state index < -0.39 is 0 Å². The van der Waals surface area contributed by atoms with Crippen molar-refractivity contribution in [2.45, 2.75) is 33.1 Å². The molecule has 4 N–H and O–H groups in total. The number of nitrogens with two attached hydrogens (primary N) is 1. The molecule has 0 bridgehead atoms. The first-order valence-corrected chi connectivity index (χ1v) is 6.13. The molecule has 0 saturated carbocycles. The second kappa shape index (κ2) is 5.64. The summed E-state index contributed by atoms with van der Waals surface area (Å²) in [5.41, 5.74) is 5.37. The summed E-state index contributed by atoms with van der Waals surface area (Å²) in [6.45, 7) is 7.52. The van der Waals surface area contributed by atoms with E-state index in [2.05, 4.69) is 4.90 Å². The fourth-order valence-corrected chi connectivity index (χ4v) is 1.96. The number of aliphatic hydroxyl groups is 1. The molecule has 4 heteroatoms. The van der Waals surface area contributed by atoms with Gasteiger partial charge in [0.15, 0.2) is 0 Å². The molecule has 1 saturated heterocycles. The highest BCUT2D eigenvalue weighted by molar-refractivity contribution is 5.82. The number of piperidine rings is 1. The van der Waals surface area contributed by atoms with Crippen molar-refractivity contribution < 1.29 is 5.11 Å². The van der Waals surface area contributed by atoms with Gasteiger partial charge in [-0.3, -0.25) is 5.41 Å². The Labute approximate surface area is 98.3 Å². The van der Waals surface area contributed by atoms with Gasteiger partial charge >= 0.3 is 0 Å². The molecule has 0 radical (unpaired) electrons. The largest absolute Gasteiger partial charge is 0.396 e. The van der Waals surface area contributed by atoms with Crippen molar-refractivity contribution in [1.29, 1.82) is 5.41 Å². The predicted octanol–water partition coefficient (Wildman–Crippen LogP) is 1.04. The van der Waals surface area contributed by atoms with Crippen LogP contribution in [0.15, 0.2) is 0 Å². The van der Waals surface area contributed by atoms with Crippen molar-refractivity contribution in [1.82, 2.24) is 4.90 Å². The van der Waals surface area contributed by atoms with Gasteiger partial charge in [0.05, 0.1) is 5.84 Å². The maximum atomic E-state index is 9.05. The molecule has 94 valence electrons. The Balaban J connectivity index is 2.27. The van der Waals surface area contributed by atoms with Crippen LogP contribution in [0.5, 0.6) is 0 Å². The van der Waals surface area contributed by atoms with Crippen LogP contribution in [0.4, 0.5) is 0 Å². The lowest BCUT2D eigenvalue weighted by Gasteiger charge is -2.33. The number of hydrogen-bond donors (Lipinski definition) is 3. The number of likely N-dealkylation sites (tertiary alicyclic amines) is 1. The lowest BCUT2D eigenvalue weighted by Crippen LogP contribution is -2.39. The van der Waals surface area contributed by atoms with E-state index in [9.17, 15) is 0 Å². The summed E-state index contributed by atoms with van der Waals surface area (Å²) in [5, 5.41) is 16.5. The molecule has 0 aliphatic carbocycles. The lowest BCUT2D eigenvalue weighted by molar-refractivity contribution is 0.125. The van der Waals surface area contributed by atoms with E-state index in [1.54, 1.807) is 0 Å². The number of amidine groups is 1. The third-order valence-electron chi connectivity index (χ3n) is 3.75. The fourth-order valence-electron chi connectivity index (χ4n) is 1.96. The first-order chi connectivity index (χ1) is 7.45. The summed E-state index contributed by atoms with van der Waals surface area (Å²) in [6, 6.07) is 0. The molecule has 0 spiro atoms. The van der Waals surface area contributed by atoms with Crippen LogP contribution in [0.1, 0.15) is 33.1 Å². The van der Waals surface area contributed by atoms with Gasteiger partial charge in [0.1, 0.15) is 0 Å². The third-order valence-corrected chi connectivity index (χ3v) is 3.75. The Morgan fingerprint density at radius 2 is 2.00 bits per heavy atom. The monoisotopic (exact) mass is 227 g/mol. The summed E-state index contributed by atoms with van der Waals surface area (Å²) in [4.78, 5) is 2.41. The van der Waals surface area contributed by atoms with E-state index in [1.807, 2.05) is 13.8 Å². The maximum Gasteiger partial charge on any atom is 0.0963 e. The van der Waals surface area contributed by atoms with Gasteiger partial charge in [-0.15, -0.1) is 0 Å². The smallest absolute Gasteiger partial charge is 0.0963 e. The molecule has 1 aliphatic heterocycles. The minimum Gasteiger partial charge on any atom is -0.396 e. The minimum absolute atomic E-state index is 0.187. The van der Waals surface area contributed by atoms with Gasteiger partial charge < -0.3 is 15.7 Å². The summed E-state index contributed by atoms with van der Waals surface area (Å²) < 4.78 is 0. The summed E-state index contributed by atoms with van der Waals surface area (Å²) in [6.07, 6.45) is 3.13. The Bertz CT molecular complexity index is 232. The summed E-state index contributed by atoms with van der Waals surface area (Å²) in [5.74, 6) is 0.773. The number of rotatable bonds is 5. The second-order valence-corrected chi connectivity index (χ2v) is 5.52. The number of nitrogens with one attached hydrogen (secondary N) is 1. The lowest BCUT2D eigenvalue weighted by atomic mass is 9.87. The van der Waals surface area contributed by atoms with Crippen molar-refractivity contribution in [3.8, 4) is 0 Å². The zero-order valence-corrected chi connectivity index (χ0v) is 10.5. The maximum absolute atomic E-state index is 9.05. The highest BCUT2D eigenvalue weighted by Crippen LogP contribution is 2.22. The molecule has 16 heavy (non-hydrogen) atoms. The summed E-state index contributed by atoms with van der Waals surface area (Å²) in [7, 11) is 0. The Hall–Kier alpha value is -0.610. The van der Waals surface area contributed by atoms with E-state index in [4.69, 9.17) is 16.2 Å². The van der Waals surface area contributed by atoms with Crippen LogP contribution in [0.2, 0.25) is 0 Å². The molecule has 0 amide bonds. The number of nitrogens with zero attached hydrogens (tertiary/aromatic N) is 1. The van der Waals surface area contributed by atoms with Crippen LogP contribution in [0.25, 0.3) is 0 Å². The highest BCUT2D eigenvalue weighted by atomic mass is 16.3. The average molecular weight is 227 g/mol. The first-order valence-electron chi connectivity index (χ1n) is 6.13. The second-order valence-electron chi connectivity index (χ2n) is 5.52. The SMILES string of the molecule is CC(C)(CCN1CCC(CO)CC1)C(=N)N. The molecule has 1 aliphatic rings. The van der Waals surface area contributed by atoms with Crippen molar-refractivity contribution in [3.05, 3.63) is 0 Å². The van der Waals surface area contributed by atoms with Gasteiger partial charge in [0.25, 0.3) is 0 Å². The minimum atomic E-state index is -0.187.